The Hall–Kier alpha value is -1.03. The van der Waals surface area contributed by atoms with Gasteiger partial charge >= 0.3 is 0 Å². The van der Waals surface area contributed by atoms with Crippen LogP contribution in [0.3, 0.4) is 0 Å². The molecule has 0 aliphatic heterocycles. The van der Waals surface area contributed by atoms with E-state index in [0.717, 1.165) is 0 Å². The predicted molar refractivity (Wildman–Crippen MR) is 30.0 cm³/mol. The lowest BCUT2D eigenvalue weighted by Gasteiger charge is -1.84. The molecule has 9 heavy (non-hydrogen) atoms. The SMILES string of the molecule is O=C(Cl)c1ccnnn1. The van der Waals surface area contributed by atoms with Gasteiger partial charge in [-0.1, -0.05) is 0 Å². The van der Waals surface area contributed by atoms with Crippen LogP contribution in [0.2, 0.25) is 0 Å². The maximum atomic E-state index is 10.3. The molecule has 0 fully saturated rings. The van der Waals surface area contributed by atoms with E-state index in [0.29, 0.717) is 0 Å². The Balaban J connectivity index is 2.98. The summed E-state index contributed by atoms with van der Waals surface area (Å²) in [5.41, 5.74) is 0.117. The smallest absolute Gasteiger partial charge is 0.272 e. The third-order valence-electron chi connectivity index (χ3n) is 0.705. The summed E-state index contributed by atoms with van der Waals surface area (Å²) in [4.78, 5) is 10.3. The molecule has 0 atom stereocenters. The zero-order chi connectivity index (χ0) is 6.69. The molecule has 46 valence electrons. The number of nitrogens with zero attached hydrogens (tertiary/aromatic N) is 3. The van der Waals surface area contributed by atoms with Crippen LogP contribution in [0.1, 0.15) is 10.5 Å². The molecule has 0 radical (unpaired) electrons. The molecule has 0 saturated heterocycles. The van der Waals surface area contributed by atoms with Gasteiger partial charge in [0.05, 0.1) is 6.20 Å². The lowest BCUT2D eigenvalue weighted by Crippen LogP contribution is -1.96. The van der Waals surface area contributed by atoms with Crippen LogP contribution in [0.15, 0.2) is 12.3 Å². The summed E-state index contributed by atoms with van der Waals surface area (Å²) in [5.74, 6) is 0. The zero-order valence-corrected chi connectivity index (χ0v) is 5.04. The second-order valence-electron chi connectivity index (χ2n) is 1.28. The van der Waals surface area contributed by atoms with E-state index in [4.69, 9.17) is 11.6 Å². The maximum absolute atomic E-state index is 10.3. The van der Waals surface area contributed by atoms with Crippen LogP contribution in [0.4, 0.5) is 0 Å². The maximum Gasteiger partial charge on any atom is 0.272 e. The Kier molecular flexibility index (Phi) is 1.69. The Bertz CT molecular complexity index is 212. The standard InChI is InChI=1S/C4H2ClN3O/c5-4(9)3-1-2-6-8-7-3/h1-2H. The Labute approximate surface area is 55.9 Å². The van der Waals surface area contributed by atoms with Crippen LogP contribution in [0.5, 0.6) is 0 Å². The van der Waals surface area contributed by atoms with E-state index < -0.39 is 5.24 Å². The average Bonchev–Trinajstić information content (AvgIpc) is 1.90. The highest BCUT2D eigenvalue weighted by atomic mass is 35.5. The molecule has 0 aliphatic carbocycles. The van der Waals surface area contributed by atoms with Gasteiger partial charge in [0.2, 0.25) is 0 Å². The first-order chi connectivity index (χ1) is 4.30. The molecular weight excluding hydrogens is 142 g/mol. The average molecular weight is 144 g/mol. The van der Waals surface area contributed by atoms with Crippen LogP contribution in [-0.4, -0.2) is 20.7 Å². The van der Waals surface area contributed by atoms with Crippen LogP contribution in [0, 0.1) is 0 Å². The molecule has 1 heterocycles. The molecule has 0 aliphatic rings. The van der Waals surface area contributed by atoms with E-state index in [1.165, 1.54) is 12.3 Å². The number of hydrogen-bond acceptors (Lipinski definition) is 4. The van der Waals surface area contributed by atoms with Gasteiger partial charge in [0, 0.05) is 0 Å². The first kappa shape index (κ1) is 6.10. The molecule has 4 nitrogen and oxygen atoms in total. The van der Waals surface area contributed by atoms with Crippen molar-refractivity contribution >= 4 is 16.8 Å². The van der Waals surface area contributed by atoms with E-state index in [9.17, 15) is 4.79 Å². The van der Waals surface area contributed by atoms with E-state index in [2.05, 4.69) is 15.4 Å². The third-order valence-corrected chi connectivity index (χ3v) is 0.898. The zero-order valence-electron chi connectivity index (χ0n) is 4.28. The molecule has 0 saturated carbocycles. The van der Waals surface area contributed by atoms with Crippen LogP contribution in [0.25, 0.3) is 0 Å². The van der Waals surface area contributed by atoms with Crippen molar-refractivity contribution in [3.8, 4) is 0 Å². The summed E-state index contributed by atoms with van der Waals surface area (Å²) >= 11 is 5.03. The Morgan fingerprint density at radius 1 is 1.67 bits per heavy atom. The lowest BCUT2D eigenvalue weighted by molar-refractivity contribution is 0.107. The van der Waals surface area contributed by atoms with E-state index in [-0.39, 0.29) is 5.69 Å². The highest BCUT2D eigenvalue weighted by molar-refractivity contribution is 6.67. The van der Waals surface area contributed by atoms with Gasteiger partial charge in [-0.05, 0) is 22.9 Å². The normalized spacial score (nSPS) is 9.00. The Morgan fingerprint density at radius 3 is 2.78 bits per heavy atom. The number of carbonyl (C=O) groups is 1. The van der Waals surface area contributed by atoms with Gasteiger partial charge in [-0.3, -0.25) is 4.79 Å². The minimum absolute atomic E-state index is 0.117. The van der Waals surface area contributed by atoms with Crippen LogP contribution in [-0.2, 0) is 0 Å². The molecule has 1 rings (SSSR count). The van der Waals surface area contributed by atoms with Gasteiger partial charge in [0.15, 0.2) is 0 Å². The van der Waals surface area contributed by atoms with Gasteiger partial charge in [-0.15, -0.1) is 10.2 Å². The predicted octanol–water partition coefficient (Wildman–Crippen LogP) is 0.251. The fourth-order valence-corrected chi connectivity index (χ4v) is 0.447. The van der Waals surface area contributed by atoms with Crippen molar-refractivity contribution in [2.24, 2.45) is 0 Å². The van der Waals surface area contributed by atoms with E-state index in [1.807, 2.05) is 0 Å². The van der Waals surface area contributed by atoms with E-state index >= 15 is 0 Å². The monoisotopic (exact) mass is 143 g/mol. The number of halogens is 1. The van der Waals surface area contributed by atoms with Gasteiger partial charge < -0.3 is 0 Å². The van der Waals surface area contributed by atoms with Crippen molar-refractivity contribution in [2.75, 3.05) is 0 Å². The van der Waals surface area contributed by atoms with Crippen molar-refractivity contribution < 1.29 is 4.79 Å². The molecule has 0 spiro atoms. The molecule has 5 heteroatoms. The number of aromatic nitrogens is 3. The summed E-state index contributed by atoms with van der Waals surface area (Å²) in [6.07, 6.45) is 1.35. The quantitative estimate of drug-likeness (QED) is 0.529. The van der Waals surface area contributed by atoms with Gasteiger partial charge in [0.25, 0.3) is 5.24 Å². The molecule has 1 aromatic heterocycles. The fourth-order valence-electron chi connectivity index (χ4n) is 0.346. The topological polar surface area (TPSA) is 55.7 Å². The van der Waals surface area contributed by atoms with Crippen LogP contribution < -0.4 is 0 Å². The molecule has 0 N–H and O–H groups in total. The molecule has 0 bridgehead atoms. The Morgan fingerprint density at radius 2 is 2.44 bits per heavy atom. The highest BCUT2D eigenvalue weighted by Gasteiger charge is 2.00. The first-order valence-corrected chi connectivity index (χ1v) is 2.52. The molecule has 0 unspecified atom stereocenters. The van der Waals surface area contributed by atoms with E-state index in [1.54, 1.807) is 0 Å². The highest BCUT2D eigenvalue weighted by Crippen LogP contribution is 1.93. The number of carbonyl (C=O) groups excluding carboxylic acids is 1. The summed E-state index contributed by atoms with van der Waals surface area (Å²) < 4.78 is 0. The van der Waals surface area contributed by atoms with Crippen molar-refractivity contribution in [2.45, 2.75) is 0 Å². The second kappa shape index (κ2) is 2.50. The summed E-state index contributed by atoms with van der Waals surface area (Å²) in [7, 11) is 0. The van der Waals surface area contributed by atoms with Crippen molar-refractivity contribution in [3.05, 3.63) is 18.0 Å². The lowest BCUT2D eigenvalue weighted by atomic mass is 10.5. The molecular formula is C4H2ClN3O. The van der Waals surface area contributed by atoms with Crippen molar-refractivity contribution in [1.29, 1.82) is 0 Å². The van der Waals surface area contributed by atoms with Gasteiger partial charge in [-0.25, -0.2) is 0 Å². The summed E-state index contributed by atoms with van der Waals surface area (Å²) in [6.45, 7) is 0. The number of rotatable bonds is 1. The largest absolute Gasteiger partial charge is 0.274 e. The number of hydrogen-bond donors (Lipinski definition) is 0. The summed E-state index contributed by atoms with van der Waals surface area (Å²) in [5, 5.41) is 9.27. The third kappa shape index (κ3) is 1.43. The minimum Gasteiger partial charge on any atom is -0.274 e. The van der Waals surface area contributed by atoms with Crippen LogP contribution >= 0.6 is 11.6 Å². The van der Waals surface area contributed by atoms with Crippen molar-refractivity contribution in [1.82, 2.24) is 15.4 Å². The molecule has 0 amide bonds. The molecule has 1 aromatic rings. The second-order valence-corrected chi connectivity index (χ2v) is 1.62. The molecule has 0 aromatic carbocycles. The minimum atomic E-state index is -0.620. The van der Waals surface area contributed by atoms with Gasteiger partial charge in [0.1, 0.15) is 5.69 Å². The van der Waals surface area contributed by atoms with Gasteiger partial charge in [-0.2, -0.15) is 0 Å². The van der Waals surface area contributed by atoms with Crippen molar-refractivity contribution in [3.63, 3.8) is 0 Å². The first-order valence-electron chi connectivity index (χ1n) is 2.15. The summed E-state index contributed by atoms with van der Waals surface area (Å²) in [6, 6.07) is 1.39. The fraction of sp³-hybridized carbons (Fsp3) is 0.